The third-order valence-corrected chi connectivity index (χ3v) is 13.6. The predicted octanol–water partition coefficient (Wildman–Crippen LogP) is 9.13. The van der Waals surface area contributed by atoms with Gasteiger partial charge in [-0.05, 0) is 131 Å². The SMILES string of the molecule is CCC12CCCCC3(CCC(NC1)C1CCC4(CC)CCCCC(CC1)(CC(C)(C)C3)N4C)CC2C. The fourth-order valence-electron chi connectivity index (χ4n) is 11.5. The monoisotopic (exact) mass is 498 g/mol. The van der Waals surface area contributed by atoms with Gasteiger partial charge in [0.25, 0.3) is 0 Å². The topological polar surface area (TPSA) is 15.3 Å². The van der Waals surface area contributed by atoms with Gasteiger partial charge in [0, 0.05) is 23.7 Å². The summed E-state index contributed by atoms with van der Waals surface area (Å²) in [5.74, 6) is 1.73. The first-order valence-electron chi connectivity index (χ1n) is 16.6. The zero-order valence-corrected chi connectivity index (χ0v) is 25.3. The van der Waals surface area contributed by atoms with E-state index in [1.54, 1.807) is 0 Å². The molecule has 7 atom stereocenters. The molecule has 0 aromatic rings. The van der Waals surface area contributed by atoms with Crippen LogP contribution < -0.4 is 5.32 Å². The molecule has 2 nitrogen and oxygen atoms in total. The molecule has 6 bridgehead atoms. The third-order valence-electron chi connectivity index (χ3n) is 13.6. The van der Waals surface area contributed by atoms with Gasteiger partial charge < -0.3 is 5.32 Å². The van der Waals surface area contributed by atoms with Gasteiger partial charge in [0.05, 0.1) is 0 Å². The standard InChI is InChI=1S/C34H62N2/c1-7-32-17-10-9-16-31(23-27(32)3)20-15-29(35-26-32)28-13-21-33(8-2)18-11-12-19-34(22-14-28,36(33)6)25-30(4,5)24-31/h27-29,35H,7-26H2,1-6H3. The number of fused-ring (bicyclic) bond motifs is 8. The van der Waals surface area contributed by atoms with Gasteiger partial charge in [-0.1, -0.05) is 60.3 Å². The summed E-state index contributed by atoms with van der Waals surface area (Å²) in [4.78, 5) is 3.05. The first-order valence-corrected chi connectivity index (χ1v) is 16.6. The van der Waals surface area contributed by atoms with Crippen LogP contribution in [0.15, 0.2) is 0 Å². The second-order valence-corrected chi connectivity index (χ2v) is 16.0. The normalized spacial score (nSPS) is 48.3. The van der Waals surface area contributed by atoms with Crippen LogP contribution in [-0.2, 0) is 0 Å². The minimum Gasteiger partial charge on any atom is -0.313 e. The molecule has 1 N–H and O–H groups in total. The van der Waals surface area contributed by atoms with E-state index in [9.17, 15) is 0 Å². The maximum atomic E-state index is 4.39. The van der Waals surface area contributed by atoms with Crippen molar-refractivity contribution in [1.29, 1.82) is 0 Å². The molecule has 0 radical (unpaired) electrons. The Morgan fingerprint density at radius 1 is 0.778 bits per heavy atom. The Bertz CT molecular complexity index is 760. The summed E-state index contributed by atoms with van der Waals surface area (Å²) in [5.41, 5.74) is 2.34. The van der Waals surface area contributed by atoms with Crippen molar-refractivity contribution in [3.8, 4) is 0 Å². The van der Waals surface area contributed by atoms with Gasteiger partial charge in [0.1, 0.15) is 0 Å². The number of rotatable bonds is 2. The molecule has 5 fully saturated rings. The van der Waals surface area contributed by atoms with Crippen molar-refractivity contribution in [3.05, 3.63) is 0 Å². The van der Waals surface area contributed by atoms with Crippen LogP contribution in [0.25, 0.3) is 0 Å². The number of hydrogen-bond donors (Lipinski definition) is 1. The first-order chi connectivity index (χ1) is 17.1. The van der Waals surface area contributed by atoms with Crippen molar-refractivity contribution in [2.45, 2.75) is 174 Å². The quantitative estimate of drug-likeness (QED) is 0.408. The van der Waals surface area contributed by atoms with Gasteiger partial charge in [-0.15, -0.1) is 0 Å². The van der Waals surface area contributed by atoms with Gasteiger partial charge in [0.2, 0.25) is 0 Å². The van der Waals surface area contributed by atoms with E-state index in [0.717, 1.165) is 17.9 Å². The lowest BCUT2D eigenvalue weighted by Gasteiger charge is -2.57. The fourth-order valence-corrected chi connectivity index (χ4v) is 11.5. The number of hydrogen-bond acceptors (Lipinski definition) is 2. The van der Waals surface area contributed by atoms with Gasteiger partial charge in [-0.25, -0.2) is 0 Å². The Morgan fingerprint density at radius 3 is 2.28 bits per heavy atom. The maximum Gasteiger partial charge on any atom is 0.0217 e. The minimum atomic E-state index is 0.412. The largest absolute Gasteiger partial charge is 0.313 e. The van der Waals surface area contributed by atoms with Gasteiger partial charge in [-0.3, -0.25) is 4.90 Å². The number of nitrogens with one attached hydrogen (secondary N) is 1. The van der Waals surface area contributed by atoms with E-state index in [2.05, 4.69) is 51.9 Å². The fraction of sp³-hybridized carbons (Fsp3) is 1.00. The van der Waals surface area contributed by atoms with Crippen molar-refractivity contribution < 1.29 is 0 Å². The molecule has 3 heterocycles. The third kappa shape index (κ3) is 4.87. The Morgan fingerprint density at radius 2 is 1.50 bits per heavy atom. The zero-order chi connectivity index (χ0) is 25.7. The lowest BCUT2D eigenvalue weighted by atomic mass is 9.56. The highest BCUT2D eigenvalue weighted by molar-refractivity contribution is 5.08. The second kappa shape index (κ2) is 10.1. The van der Waals surface area contributed by atoms with E-state index in [0.29, 0.717) is 27.3 Å². The van der Waals surface area contributed by atoms with Crippen LogP contribution in [0.1, 0.15) is 157 Å². The highest BCUT2D eigenvalue weighted by atomic mass is 15.2. The molecule has 36 heavy (non-hydrogen) atoms. The molecule has 3 aliphatic heterocycles. The molecular formula is C34H62N2. The van der Waals surface area contributed by atoms with Crippen LogP contribution in [0.5, 0.6) is 0 Å². The van der Waals surface area contributed by atoms with Crippen molar-refractivity contribution in [3.63, 3.8) is 0 Å². The summed E-state index contributed by atoms with van der Waals surface area (Å²) in [6.07, 6.45) is 27.5. The Labute approximate surface area is 225 Å². The molecule has 5 rings (SSSR count). The Kier molecular flexibility index (Phi) is 7.75. The maximum absolute atomic E-state index is 4.39. The molecule has 0 amide bonds. The van der Waals surface area contributed by atoms with Crippen LogP contribution in [0.2, 0.25) is 0 Å². The predicted molar refractivity (Wildman–Crippen MR) is 155 cm³/mol. The summed E-state index contributed by atoms with van der Waals surface area (Å²) < 4.78 is 0. The van der Waals surface area contributed by atoms with Crippen molar-refractivity contribution in [2.24, 2.45) is 28.1 Å². The van der Waals surface area contributed by atoms with Crippen LogP contribution in [0, 0.1) is 28.1 Å². The van der Waals surface area contributed by atoms with Crippen molar-refractivity contribution in [2.75, 3.05) is 13.6 Å². The van der Waals surface area contributed by atoms with Crippen LogP contribution in [0.3, 0.4) is 0 Å². The molecule has 2 saturated carbocycles. The zero-order valence-electron chi connectivity index (χ0n) is 25.3. The van der Waals surface area contributed by atoms with E-state index >= 15 is 0 Å². The van der Waals surface area contributed by atoms with E-state index in [1.807, 2.05) is 0 Å². The van der Waals surface area contributed by atoms with Crippen molar-refractivity contribution >= 4 is 0 Å². The molecule has 0 aromatic carbocycles. The van der Waals surface area contributed by atoms with Crippen LogP contribution >= 0.6 is 0 Å². The van der Waals surface area contributed by atoms with Gasteiger partial charge in [0.15, 0.2) is 0 Å². The summed E-state index contributed by atoms with van der Waals surface area (Å²) in [6.45, 7) is 14.4. The average Bonchev–Trinajstić information content (AvgIpc) is 2.97. The van der Waals surface area contributed by atoms with E-state index in [4.69, 9.17) is 0 Å². The smallest absolute Gasteiger partial charge is 0.0217 e. The van der Waals surface area contributed by atoms with Gasteiger partial charge in [-0.2, -0.15) is 0 Å². The molecular weight excluding hydrogens is 436 g/mol. The van der Waals surface area contributed by atoms with Crippen molar-refractivity contribution in [1.82, 2.24) is 10.2 Å². The molecule has 2 heteroatoms. The highest BCUT2D eigenvalue weighted by Gasteiger charge is 2.53. The molecule has 7 unspecified atom stereocenters. The van der Waals surface area contributed by atoms with Crippen LogP contribution in [-0.4, -0.2) is 35.6 Å². The summed E-state index contributed by atoms with van der Waals surface area (Å²) in [6, 6.07) is 0.747. The molecule has 5 aliphatic rings. The lowest BCUT2D eigenvalue weighted by molar-refractivity contribution is -0.0603. The minimum absolute atomic E-state index is 0.412. The summed E-state index contributed by atoms with van der Waals surface area (Å²) >= 11 is 0. The average molecular weight is 499 g/mol. The summed E-state index contributed by atoms with van der Waals surface area (Å²) in [5, 5.41) is 4.39. The second-order valence-electron chi connectivity index (χ2n) is 16.0. The molecule has 208 valence electrons. The summed E-state index contributed by atoms with van der Waals surface area (Å²) in [7, 11) is 2.59. The molecule has 2 spiro atoms. The molecule has 0 aromatic heterocycles. The first kappa shape index (κ1) is 27.5. The van der Waals surface area contributed by atoms with E-state index in [-0.39, 0.29) is 0 Å². The molecule has 2 aliphatic carbocycles. The Balaban J connectivity index is 1.62. The van der Waals surface area contributed by atoms with E-state index in [1.165, 1.54) is 129 Å². The van der Waals surface area contributed by atoms with E-state index < -0.39 is 0 Å². The highest BCUT2D eigenvalue weighted by Crippen LogP contribution is 2.58. The van der Waals surface area contributed by atoms with Gasteiger partial charge >= 0.3 is 0 Å². The molecule has 3 saturated heterocycles. The Hall–Kier alpha value is -0.0800. The van der Waals surface area contributed by atoms with Crippen LogP contribution in [0.4, 0.5) is 0 Å². The number of nitrogens with zero attached hydrogens (tertiary/aromatic N) is 1. The lowest BCUT2D eigenvalue weighted by Crippen LogP contribution is -2.60.